The Hall–Kier alpha value is -1.68. The van der Waals surface area contributed by atoms with E-state index in [-0.39, 0.29) is 0 Å². The number of nitrogens with two attached hydrogens (primary N) is 1. The normalized spacial score (nSPS) is 10.6. The lowest BCUT2D eigenvalue weighted by atomic mass is 10.2. The van der Waals surface area contributed by atoms with E-state index in [2.05, 4.69) is 27.5 Å². The number of imidazole rings is 1. The first-order chi connectivity index (χ1) is 7.85. The van der Waals surface area contributed by atoms with Crippen LogP contribution >= 0.6 is 0 Å². The lowest BCUT2D eigenvalue weighted by Crippen LogP contribution is -2.09. The van der Waals surface area contributed by atoms with Crippen LogP contribution in [0, 0.1) is 0 Å². The molecule has 2 aromatic rings. The van der Waals surface area contributed by atoms with Gasteiger partial charge in [-0.05, 0) is 11.6 Å². The maximum absolute atomic E-state index is 5.66. The van der Waals surface area contributed by atoms with E-state index in [0.29, 0.717) is 6.54 Å². The third kappa shape index (κ3) is 2.12. The van der Waals surface area contributed by atoms with Crippen molar-refractivity contribution in [3.05, 3.63) is 47.8 Å². The molecule has 0 radical (unpaired) electrons. The lowest BCUT2D eigenvalue weighted by molar-refractivity contribution is 0.719. The Kier molecular flexibility index (Phi) is 3.31. The molecular weight excluding hydrogens is 200 g/mol. The minimum atomic E-state index is 0.479. The molecule has 0 saturated carbocycles. The van der Waals surface area contributed by atoms with Crippen molar-refractivity contribution in [2.24, 2.45) is 5.73 Å². The SMILES string of the molecule is CCc1nccn1Cc1cccnc1CN. The monoisotopic (exact) mass is 216 g/mol. The van der Waals surface area contributed by atoms with E-state index in [4.69, 9.17) is 5.73 Å². The Balaban J connectivity index is 2.26. The lowest BCUT2D eigenvalue weighted by Gasteiger charge is -2.09. The molecule has 0 atom stereocenters. The third-order valence-corrected chi connectivity index (χ3v) is 2.64. The van der Waals surface area contributed by atoms with E-state index in [0.717, 1.165) is 30.0 Å². The van der Waals surface area contributed by atoms with Crippen LogP contribution in [-0.4, -0.2) is 14.5 Å². The molecule has 0 saturated heterocycles. The van der Waals surface area contributed by atoms with Gasteiger partial charge in [-0.2, -0.15) is 0 Å². The average molecular weight is 216 g/mol. The maximum Gasteiger partial charge on any atom is 0.108 e. The smallest absolute Gasteiger partial charge is 0.108 e. The van der Waals surface area contributed by atoms with E-state index in [1.165, 1.54) is 0 Å². The summed E-state index contributed by atoms with van der Waals surface area (Å²) < 4.78 is 2.14. The van der Waals surface area contributed by atoms with E-state index in [1.807, 2.05) is 18.5 Å². The number of aryl methyl sites for hydroxylation is 1. The van der Waals surface area contributed by atoms with Crippen LogP contribution in [0.3, 0.4) is 0 Å². The first-order valence-corrected chi connectivity index (χ1v) is 5.48. The van der Waals surface area contributed by atoms with Crippen molar-refractivity contribution in [3.8, 4) is 0 Å². The molecule has 0 aliphatic carbocycles. The Bertz CT molecular complexity index is 462. The van der Waals surface area contributed by atoms with Crippen LogP contribution in [0.4, 0.5) is 0 Å². The summed E-state index contributed by atoms with van der Waals surface area (Å²) in [5.41, 5.74) is 7.78. The molecule has 0 aliphatic heterocycles. The molecule has 0 fully saturated rings. The quantitative estimate of drug-likeness (QED) is 0.839. The summed E-state index contributed by atoms with van der Waals surface area (Å²) in [4.78, 5) is 8.57. The van der Waals surface area contributed by atoms with Crippen LogP contribution < -0.4 is 5.73 Å². The number of hydrogen-bond acceptors (Lipinski definition) is 3. The Labute approximate surface area is 95.1 Å². The molecule has 0 aromatic carbocycles. The van der Waals surface area contributed by atoms with E-state index >= 15 is 0 Å². The highest BCUT2D eigenvalue weighted by Gasteiger charge is 2.05. The summed E-state index contributed by atoms with van der Waals surface area (Å²) in [7, 11) is 0. The Morgan fingerprint density at radius 3 is 2.94 bits per heavy atom. The van der Waals surface area contributed by atoms with Gasteiger partial charge < -0.3 is 10.3 Å². The topological polar surface area (TPSA) is 56.7 Å². The third-order valence-electron chi connectivity index (χ3n) is 2.64. The summed E-state index contributed by atoms with van der Waals surface area (Å²) in [6.07, 6.45) is 6.54. The molecule has 2 aromatic heterocycles. The standard InChI is InChI=1S/C12H16N4/c1-2-12-15-6-7-16(12)9-10-4-3-5-14-11(10)8-13/h3-7H,2,8-9,13H2,1H3. The van der Waals surface area contributed by atoms with E-state index < -0.39 is 0 Å². The first-order valence-electron chi connectivity index (χ1n) is 5.48. The average Bonchev–Trinajstić information content (AvgIpc) is 2.77. The zero-order valence-electron chi connectivity index (χ0n) is 9.43. The molecule has 84 valence electrons. The second kappa shape index (κ2) is 4.90. The summed E-state index contributed by atoms with van der Waals surface area (Å²) in [5, 5.41) is 0. The molecule has 0 bridgehead atoms. The Morgan fingerprint density at radius 1 is 1.31 bits per heavy atom. The van der Waals surface area contributed by atoms with Crippen molar-refractivity contribution in [1.82, 2.24) is 14.5 Å². The zero-order chi connectivity index (χ0) is 11.4. The molecule has 16 heavy (non-hydrogen) atoms. The zero-order valence-corrected chi connectivity index (χ0v) is 9.43. The van der Waals surface area contributed by atoms with Gasteiger partial charge in [-0.1, -0.05) is 13.0 Å². The first kappa shape index (κ1) is 10.8. The van der Waals surface area contributed by atoms with Crippen LogP contribution in [-0.2, 0) is 19.5 Å². The Morgan fingerprint density at radius 2 is 2.19 bits per heavy atom. The number of nitrogens with zero attached hydrogens (tertiary/aromatic N) is 3. The van der Waals surface area contributed by atoms with Crippen molar-refractivity contribution in [1.29, 1.82) is 0 Å². The summed E-state index contributed by atoms with van der Waals surface area (Å²) in [6, 6.07) is 4.01. The summed E-state index contributed by atoms with van der Waals surface area (Å²) >= 11 is 0. The van der Waals surface area contributed by atoms with Crippen LogP contribution in [0.5, 0.6) is 0 Å². The highest BCUT2D eigenvalue weighted by atomic mass is 15.1. The largest absolute Gasteiger partial charge is 0.330 e. The van der Waals surface area contributed by atoms with Crippen LogP contribution in [0.15, 0.2) is 30.7 Å². The molecule has 4 nitrogen and oxygen atoms in total. The molecule has 2 N–H and O–H groups in total. The molecule has 0 spiro atoms. The number of rotatable bonds is 4. The summed E-state index contributed by atoms with van der Waals surface area (Å²) in [6.45, 7) is 3.38. The number of hydrogen-bond donors (Lipinski definition) is 1. The number of pyridine rings is 1. The number of aromatic nitrogens is 3. The van der Waals surface area contributed by atoms with E-state index in [9.17, 15) is 0 Å². The van der Waals surface area contributed by atoms with Crippen LogP contribution in [0.25, 0.3) is 0 Å². The van der Waals surface area contributed by atoms with Gasteiger partial charge in [-0.3, -0.25) is 4.98 Å². The van der Waals surface area contributed by atoms with Crippen LogP contribution in [0.2, 0.25) is 0 Å². The predicted molar refractivity (Wildman–Crippen MR) is 62.8 cm³/mol. The van der Waals surface area contributed by atoms with Gasteiger partial charge in [-0.25, -0.2) is 4.98 Å². The fraction of sp³-hybridized carbons (Fsp3) is 0.333. The highest BCUT2D eigenvalue weighted by molar-refractivity contribution is 5.20. The minimum Gasteiger partial charge on any atom is -0.330 e. The fourth-order valence-electron chi connectivity index (χ4n) is 1.78. The van der Waals surface area contributed by atoms with Crippen molar-refractivity contribution < 1.29 is 0 Å². The van der Waals surface area contributed by atoms with Gasteiger partial charge in [0.2, 0.25) is 0 Å². The summed E-state index contributed by atoms with van der Waals surface area (Å²) in [5.74, 6) is 1.09. The molecule has 2 rings (SSSR count). The minimum absolute atomic E-state index is 0.479. The van der Waals surface area contributed by atoms with Gasteiger partial charge in [0.05, 0.1) is 12.2 Å². The van der Waals surface area contributed by atoms with Gasteiger partial charge in [0.25, 0.3) is 0 Å². The molecule has 4 heteroatoms. The second-order valence-electron chi connectivity index (χ2n) is 3.64. The van der Waals surface area contributed by atoms with Gasteiger partial charge in [-0.15, -0.1) is 0 Å². The van der Waals surface area contributed by atoms with Crippen molar-refractivity contribution in [2.45, 2.75) is 26.4 Å². The van der Waals surface area contributed by atoms with Crippen molar-refractivity contribution >= 4 is 0 Å². The second-order valence-corrected chi connectivity index (χ2v) is 3.64. The molecule has 0 aliphatic rings. The van der Waals surface area contributed by atoms with Gasteiger partial charge >= 0.3 is 0 Å². The molecular formula is C12H16N4. The molecule has 0 amide bonds. The fourth-order valence-corrected chi connectivity index (χ4v) is 1.78. The van der Waals surface area contributed by atoms with Gasteiger partial charge in [0.1, 0.15) is 5.82 Å². The predicted octanol–water partition coefficient (Wildman–Crippen LogP) is 1.35. The molecule has 2 heterocycles. The maximum atomic E-state index is 5.66. The van der Waals surface area contributed by atoms with Gasteiger partial charge in [0.15, 0.2) is 0 Å². The van der Waals surface area contributed by atoms with E-state index in [1.54, 1.807) is 6.20 Å². The van der Waals surface area contributed by atoms with Gasteiger partial charge in [0, 0.05) is 31.6 Å². The van der Waals surface area contributed by atoms with Crippen molar-refractivity contribution in [2.75, 3.05) is 0 Å². The molecule has 0 unspecified atom stereocenters. The highest BCUT2D eigenvalue weighted by Crippen LogP contribution is 2.09. The van der Waals surface area contributed by atoms with Crippen molar-refractivity contribution in [3.63, 3.8) is 0 Å². The van der Waals surface area contributed by atoms with Crippen LogP contribution in [0.1, 0.15) is 24.0 Å².